The minimum atomic E-state index is -0.434. The van der Waals surface area contributed by atoms with E-state index in [0.29, 0.717) is 16.0 Å². The predicted octanol–water partition coefficient (Wildman–Crippen LogP) is 3.54. The first-order valence-electron chi connectivity index (χ1n) is 9.13. The zero-order valence-corrected chi connectivity index (χ0v) is 16.9. The quantitative estimate of drug-likeness (QED) is 0.590. The van der Waals surface area contributed by atoms with Gasteiger partial charge in [0.15, 0.2) is 4.34 Å². The van der Waals surface area contributed by atoms with Crippen molar-refractivity contribution < 1.29 is 14.0 Å². The van der Waals surface area contributed by atoms with Crippen LogP contribution >= 0.6 is 23.1 Å². The Hall–Kier alpha value is -2.20. The van der Waals surface area contributed by atoms with Crippen LogP contribution in [0.25, 0.3) is 0 Å². The third-order valence-corrected chi connectivity index (χ3v) is 6.30. The normalized spacial score (nSPS) is 14.5. The number of nitrogens with zero attached hydrogens (tertiary/aromatic N) is 2. The highest BCUT2D eigenvalue weighted by atomic mass is 32.2. The molecule has 3 N–H and O–H groups in total. The molecule has 10 heteroatoms. The number of rotatable bonds is 7. The molecule has 3 amide bonds. The van der Waals surface area contributed by atoms with Gasteiger partial charge in [-0.15, -0.1) is 10.2 Å². The highest BCUT2D eigenvalue weighted by molar-refractivity contribution is 8.01. The van der Waals surface area contributed by atoms with E-state index in [1.54, 1.807) is 12.1 Å². The molecule has 1 aliphatic carbocycles. The fourth-order valence-electron chi connectivity index (χ4n) is 2.88. The Morgan fingerprint density at radius 1 is 1.14 bits per heavy atom. The largest absolute Gasteiger partial charge is 0.356 e. The lowest BCUT2D eigenvalue weighted by Gasteiger charge is -2.22. The summed E-state index contributed by atoms with van der Waals surface area (Å²) in [7, 11) is 0. The van der Waals surface area contributed by atoms with Crippen molar-refractivity contribution in [3.05, 3.63) is 35.6 Å². The molecule has 1 saturated carbocycles. The van der Waals surface area contributed by atoms with Gasteiger partial charge in [-0.05, 0) is 30.5 Å². The summed E-state index contributed by atoms with van der Waals surface area (Å²) >= 11 is 2.54. The molecule has 0 atom stereocenters. The predicted molar refractivity (Wildman–Crippen MR) is 108 cm³/mol. The monoisotopic (exact) mass is 423 g/mol. The van der Waals surface area contributed by atoms with Gasteiger partial charge in [-0.2, -0.15) is 0 Å². The van der Waals surface area contributed by atoms with E-state index < -0.39 is 6.03 Å². The van der Waals surface area contributed by atoms with Crippen molar-refractivity contribution in [2.45, 2.75) is 49.0 Å². The van der Waals surface area contributed by atoms with Crippen LogP contribution in [-0.4, -0.2) is 33.9 Å². The average Bonchev–Trinajstić information content (AvgIpc) is 3.14. The Balaban J connectivity index is 1.36. The molecular formula is C18H22FN5O2S2. The number of anilines is 1. The van der Waals surface area contributed by atoms with Crippen LogP contribution in [0.3, 0.4) is 0 Å². The van der Waals surface area contributed by atoms with Gasteiger partial charge in [0.25, 0.3) is 0 Å². The maximum atomic E-state index is 12.9. The Kier molecular flexibility index (Phi) is 7.61. The topological polar surface area (TPSA) is 96.0 Å². The fraction of sp³-hybridized carbons (Fsp3) is 0.444. The van der Waals surface area contributed by atoms with Crippen molar-refractivity contribution in [2.24, 2.45) is 0 Å². The van der Waals surface area contributed by atoms with Crippen LogP contribution in [0.2, 0.25) is 0 Å². The second-order valence-corrected chi connectivity index (χ2v) is 8.70. The molecule has 7 nitrogen and oxygen atoms in total. The Morgan fingerprint density at radius 2 is 1.89 bits per heavy atom. The van der Waals surface area contributed by atoms with Crippen LogP contribution in [0, 0.1) is 5.82 Å². The van der Waals surface area contributed by atoms with Crippen molar-refractivity contribution in [3.8, 4) is 0 Å². The number of halogens is 1. The summed E-state index contributed by atoms with van der Waals surface area (Å²) in [5.74, 6) is -0.552. The number of thioether (sulfide) groups is 1. The third-order valence-electron chi connectivity index (χ3n) is 4.28. The van der Waals surface area contributed by atoms with Crippen LogP contribution < -0.4 is 16.0 Å². The zero-order valence-electron chi connectivity index (χ0n) is 15.2. The molecule has 1 aliphatic rings. The first kappa shape index (κ1) is 20.5. The number of imide groups is 1. The zero-order chi connectivity index (χ0) is 19.8. The third kappa shape index (κ3) is 6.75. The van der Waals surface area contributed by atoms with Crippen LogP contribution in [0.5, 0.6) is 0 Å². The highest BCUT2D eigenvalue weighted by Gasteiger charge is 2.17. The van der Waals surface area contributed by atoms with Crippen molar-refractivity contribution >= 4 is 40.2 Å². The van der Waals surface area contributed by atoms with Crippen molar-refractivity contribution in [2.75, 3.05) is 11.1 Å². The molecule has 0 bridgehead atoms. The van der Waals surface area contributed by atoms with E-state index in [-0.39, 0.29) is 23.5 Å². The van der Waals surface area contributed by atoms with Crippen LogP contribution in [0.1, 0.15) is 37.7 Å². The lowest BCUT2D eigenvalue weighted by molar-refractivity contribution is -0.117. The lowest BCUT2D eigenvalue weighted by atomic mass is 9.96. The van der Waals surface area contributed by atoms with Crippen molar-refractivity contribution in [3.63, 3.8) is 0 Å². The van der Waals surface area contributed by atoms with Gasteiger partial charge >= 0.3 is 6.03 Å². The number of amides is 3. The van der Waals surface area contributed by atoms with E-state index >= 15 is 0 Å². The smallest absolute Gasteiger partial charge is 0.321 e. The summed E-state index contributed by atoms with van der Waals surface area (Å²) in [6.07, 6.45) is 5.37. The summed E-state index contributed by atoms with van der Waals surface area (Å²) in [4.78, 5) is 23.8. The molecule has 1 aromatic carbocycles. The SMILES string of the molecule is O=C(CSc1nnc(NCc2ccc(F)cc2)s1)NC(=O)NC1CCCCC1. The summed E-state index contributed by atoms with van der Waals surface area (Å²) in [6.45, 7) is 0.501. The lowest BCUT2D eigenvalue weighted by Crippen LogP contribution is -2.45. The van der Waals surface area contributed by atoms with Gasteiger partial charge in [-0.3, -0.25) is 10.1 Å². The molecular weight excluding hydrogens is 401 g/mol. The van der Waals surface area contributed by atoms with E-state index in [9.17, 15) is 14.0 Å². The Labute approximate surface area is 170 Å². The number of aromatic nitrogens is 2. The molecule has 0 saturated heterocycles. The first-order valence-corrected chi connectivity index (χ1v) is 10.9. The second-order valence-electron chi connectivity index (χ2n) is 6.50. The number of urea groups is 1. The average molecular weight is 424 g/mol. The minimum Gasteiger partial charge on any atom is -0.356 e. The number of benzene rings is 1. The molecule has 0 aliphatic heterocycles. The molecule has 2 aromatic rings. The molecule has 3 rings (SSSR count). The highest BCUT2D eigenvalue weighted by Crippen LogP contribution is 2.25. The Bertz CT molecular complexity index is 794. The minimum absolute atomic E-state index is 0.0880. The molecule has 1 heterocycles. The molecule has 0 spiro atoms. The molecule has 0 radical (unpaired) electrons. The van der Waals surface area contributed by atoms with Gasteiger partial charge < -0.3 is 10.6 Å². The molecule has 150 valence electrons. The van der Waals surface area contributed by atoms with Crippen LogP contribution in [-0.2, 0) is 11.3 Å². The van der Waals surface area contributed by atoms with E-state index in [1.807, 2.05) is 0 Å². The van der Waals surface area contributed by atoms with Gasteiger partial charge in [0.05, 0.1) is 5.75 Å². The van der Waals surface area contributed by atoms with Gasteiger partial charge in [0.1, 0.15) is 5.82 Å². The molecule has 1 aromatic heterocycles. The van der Waals surface area contributed by atoms with E-state index in [4.69, 9.17) is 0 Å². The fourth-order valence-corrected chi connectivity index (χ4v) is 4.43. The standard InChI is InChI=1S/C18H22FN5O2S2/c19-13-8-6-12(7-9-13)10-20-17-23-24-18(28-17)27-11-15(25)22-16(26)21-14-4-2-1-3-5-14/h6-9,14H,1-5,10-11H2,(H,20,23)(H2,21,22,25,26). The number of nitrogens with one attached hydrogen (secondary N) is 3. The van der Waals surface area contributed by atoms with E-state index in [0.717, 1.165) is 31.2 Å². The first-order chi connectivity index (χ1) is 13.6. The Morgan fingerprint density at radius 3 is 2.64 bits per heavy atom. The molecule has 1 fully saturated rings. The van der Waals surface area contributed by atoms with Gasteiger partial charge in [0, 0.05) is 12.6 Å². The maximum Gasteiger partial charge on any atom is 0.321 e. The summed E-state index contributed by atoms with van der Waals surface area (Å²) < 4.78 is 13.5. The summed E-state index contributed by atoms with van der Waals surface area (Å²) in [6, 6.07) is 5.93. The van der Waals surface area contributed by atoms with Crippen LogP contribution in [0.4, 0.5) is 14.3 Å². The number of hydrogen-bond acceptors (Lipinski definition) is 7. The second kappa shape index (κ2) is 10.4. The molecule has 0 unspecified atom stereocenters. The molecule has 28 heavy (non-hydrogen) atoms. The van der Waals surface area contributed by atoms with Crippen molar-refractivity contribution in [1.82, 2.24) is 20.8 Å². The summed E-state index contributed by atoms with van der Waals surface area (Å²) in [5, 5.41) is 17.0. The number of carbonyl (C=O) groups is 2. The summed E-state index contributed by atoms with van der Waals surface area (Å²) in [5.41, 5.74) is 0.925. The van der Waals surface area contributed by atoms with Gasteiger partial charge in [0.2, 0.25) is 11.0 Å². The van der Waals surface area contributed by atoms with Gasteiger partial charge in [-0.25, -0.2) is 9.18 Å². The maximum absolute atomic E-state index is 12.9. The van der Waals surface area contributed by atoms with Crippen LogP contribution in [0.15, 0.2) is 28.6 Å². The van der Waals surface area contributed by atoms with E-state index in [2.05, 4.69) is 26.1 Å². The van der Waals surface area contributed by atoms with E-state index in [1.165, 1.54) is 41.7 Å². The van der Waals surface area contributed by atoms with Gasteiger partial charge in [-0.1, -0.05) is 54.5 Å². The number of hydrogen-bond donors (Lipinski definition) is 3. The number of carbonyl (C=O) groups excluding carboxylic acids is 2. The van der Waals surface area contributed by atoms with Crippen molar-refractivity contribution in [1.29, 1.82) is 0 Å².